The van der Waals surface area contributed by atoms with Gasteiger partial charge in [0, 0.05) is 24.5 Å². The third kappa shape index (κ3) is 3.40. The van der Waals surface area contributed by atoms with Gasteiger partial charge in [0.25, 0.3) is 5.91 Å². The van der Waals surface area contributed by atoms with E-state index in [1.807, 2.05) is 42.5 Å². The molecule has 0 saturated heterocycles. The Bertz CT molecular complexity index is 874. The maximum atomic E-state index is 12.4. The van der Waals surface area contributed by atoms with E-state index in [1.165, 1.54) is 0 Å². The first-order valence-electron chi connectivity index (χ1n) is 8.30. The van der Waals surface area contributed by atoms with E-state index >= 15 is 0 Å². The number of carbonyl (C=O) groups is 1. The molecule has 1 aromatic carbocycles. The van der Waals surface area contributed by atoms with Gasteiger partial charge in [-0.15, -0.1) is 0 Å². The summed E-state index contributed by atoms with van der Waals surface area (Å²) in [6, 6.07) is 13.5. The van der Waals surface area contributed by atoms with Crippen LogP contribution in [0.2, 0.25) is 0 Å². The quantitative estimate of drug-likeness (QED) is 0.795. The van der Waals surface area contributed by atoms with Crippen molar-refractivity contribution < 1.29 is 13.9 Å². The van der Waals surface area contributed by atoms with Crippen LogP contribution in [0.25, 0.3) is 11.3 Å². The van der Waals surface area contributed by atoms with Gasteiger partial charge in [-0.25, -0.2) is 0 Å². The molecule has 1 aliphatic rings. The highest BCUT2D eigenvalue weighted by molar-refractivity contribution is 5.81. The smallest absolute Gasteiger partial charge is 0.261 e. The minimum atomic E-state index is -0.448. The third-order valence-electron chi connectivity index (χ3n) is 4.28. The number of rotatable bonds is 4. The third-order valence-corrected chi connectivity index (χ3v) is 4.28. The van der Waals surface area contributed by atoms with Crippen molar-refractivity contribution in [3.63, 3.8) is 0 Å². The number of amides is 1. The standard InChI is InChI=1S/C20H18N2O3/c23-20(19-8-7-15-4-1-2-5-18(15)25-19)22-12-14-10-16(13-21-11-14)17-6-3-9-24-17/h1-6,9-11,13,19H,7-8,12H2,(H,22,23)/t19-/m1/s1. The highest BCUT2D eigenvalue weighted by atomic mass is 16.5. The normalized spacial score (nSPS) is 15.9. The van der Waals surface area contributed by atoms with Crippen LogP contribution in [0.4, 0.5) is 0 Å². The van der Waals surface area contributed by atoms with Gasteiger partial charge in [-0.1, -0.05) is 18.2 Å². The predicted molar refractivity (Wildman–Crippen MR) is 93.0 cm³/mol. The Morgan fingerprint density at radius 3 is 3.00 bits per heavy atom. The summed E-state index contributed by atoms with van der Waals surface area (Å²) < 4.78 is 11.2. The highest BCUT2D eigenvalue weighted by Crippen LogP contribution is 2.27. The zero-order valence-electron chi connectivity index (χ0n) is 13.6. The first kappa shape index (κ1) is 15.4. The molecule has 0 aliphatic carbocycles. The van der Waals surface area contributed by atoms with Gasteiger partial charge < -0.3 is 14.5 Å². The molecule has 5 heteroatoms. The molecule has 2 aromatic heterocycles. The predicted octanol–water partition coefficient (Wildman–Crippen LogP) is 3.35. The van der Waals surface area contributed by atoms with E-state index in [0.29, 0.717) is 13.0 Å². The minimum absolute atomic E-state index is 0.0992. The second-order valence-corrected chi connectivity index (χ2v) is 6.03. The summed E-state index contributed by atoms with van der Waals surface area (Å²) in [6.45, 7) is 0.405. The number of aromatic nitrogens is 1. The monoisotopic (exact) mass is 334 g/mol. The topological polar surface area (TPSA) is 64.4 Å². The molecule has 25 heavy (non-hydrogen) atoms. The van der Waals surface area contributed by atoms with Crippen LogP contribution in [0.15, 0.2) is 65.5 Å². The molecule has 1 amide bonds. The first-order valence-corrected chi connectivity index (χ1v) is 8.30. The van der Waals surface area contributed by atoms with Gasteiger partial charge in [0.15, 0.2) is 6.10 Å². The average Bonchev–Trinajstić information content (AvgIpc) is 3.21. The molecule has 0 spiro atoms. The molecule has 126 valence electrons. The molecule has 1 atom stereocenters. The molecule has 4 rings (SSSR count). The number of benzene rings is 1. The molecule has 0 radical (unpaired) electrons. The van der Waals surface area contributed by atoms with Gasteiger partial charge in [0.2, 0.25) is 0 Å². The maximum absolute atomic E-state index is 12.4. The van der Waals surface area contributed by atoms with Crippen LogP contribution in [0, 0.1) is 0 Å². The molecule has 0 saturated carbocycles. The van der Waals surface area contributed by atoms with Crippen molar-refractivity contribution in [3.8, 4) is 17.1 Å². The van der Waals surface area contributed by atoms with Crippen molar-refractivity contribution in [1.82, 2.24) is 10.3 Å². The van der Waals surface area contributed by atoms with E-state index in [2.05, 4.69) is 10.3 Å². The van der Waals surface area contributed by atoms with Crippen molar-refractivity contribution in [2.24, 2.45) is 0 Å². The lowest BCUT2D eigenvalue weighted by Gasteiger charge is -2.25. The number of pyridine rings is 1. The maximum Gasteiger partial charge on any atom is 0.261 e. The molecule has 0 fully saturated rings. The number of furan rings is 1. The molecular weight excluding hydrogens is 316 g/mol. The van der Waals surface area contributed by atoms with E-state index in [-0.39, 0.29) is 5.91 Å². The van der Waals surface area contributed by atoms with Crippen LogP contribution in [0.1, 0.15) is 17.5 Å². The van der Waals surface area contributed by atoms with E-state index in [1.54, 1.807) is 18.7 Å². The van der Waals surface area contributed by atoms with Gasteiger partial charge in [0.05, 0.1) is 6.26 Å². The molecule has 0 unspecified atom stereocenters. The number of hydrogen-bond acceptors (Lipinski definition) is 4. The van der Waals surface area contributed by atoms with Crippen molar-refractivity contribution in [3.05, 3.63) is 72.2 Å². The van der Waals surface area contributed by atoms with E-state index in [4.69, 9.17) is 9.15 Å². The number of carbonyl (C=O) groups excluding carboxylic acids is 1. The fourth-order valence-electron chi connectivity index (χ4n) is 2.97. The summed E-state index contributed by atoms with van der Waals surface area (Å²) in [6.07, 6.45) is 6.20. The van der Waals surface area contributed by atoms with Crippen LogP contribution < -0.4 is 10.1 Å². The summed E-state index contributed by atoms with van der Waals surface area (Å²) in [5.41, 5.74) is 2.96. The highest BCUT2D eigenvalue weighted by Gasteiger charge is 2.25. The van der Waals surface area contributed by atoms with Crippen molar-refractivity contribution >= 4 is 5.91 Å². The van der Waals surface area contributed by atoms with E-state index in [0.717, 1.165) is 34.6 Å². The molecule has 3 aromatic rings. The van der Waals surface area contributed by atoms with Gasteiger partial charge >= 0.3 is 0 Å². The van der Waals surface area contributed by atoms with Gasteiger partial charge in [-0.2, -0.15) is 0 Å². The Morgan fingerprint density at radius 1 is 1.20 bits per heavy atom. The van der Waals surface area contributed by atoms with Gasteiger partial charge in [-0.05, 0) is 48.2 Å². The number of aryl methyl sites for hydroxylation is 1. The van der Waals surface area contributed by atoms with Crippen LogP contribution in [-0.4, -0.2) is 17.0 Å². The summed E-state index contributed by atoms with van der Waals surface area (Å²) in [7, 11) is 0. The lowest BCUT2D eigenvalue weighted by atomic mass is 10.0. The molecule has 1 aliphatic heterocycles. The van der Waals surface area contributed by atoms with E-state index in [9.17, 15) is 4.79 Å². The van der Waals surface area contributed by atoms with E-state index < -0.39 is 6.10 Å². The Kier molecular flexibility index (Phi) is 4.21. The number of hydrogen-bond donors (Lipinski definition) is 1. The molecule has 1 N–H and O–H groups in total. The summed E-state index contributed by atoms with van der Waals surface area (Å²) in [5.74, 6) is 1.46. The van der Waals surface area contributed by atoms with Crippen molar-refractivity contribution in [2.45, 2.75) is 25.5 Å². The van der Waals surface area contributed by atoms with Crippen LogP contribution >= 0.6 is 0 Å². The van der Waals surface area contributed by atoms with Gasteiger partial charge in [0.1, 0.15) is 11.5 Å². The number of nitrogens with one attached hydrogen (secondary N) is 1. The molecule has 0 bridgehead atoms. The van der Waals surface area contributed by atoms with Crippen molar-refractivity contribution in [1.29, 1.82) is 0 Å². The number of ether oxygens (including phenoxy) is 1. The molecular formula is C20H18N2O3. The lowest BCUT2D eigenvalue weighted by molar-refractivity contribution is -0.128. The summed E-state index contributed by atoms with van der Waals surface area (Å²) >= 11 is 0. The zero-order chi connectivity index (χ0) is 17.1. The van der Waals surface area contributed by atoms with Crippen molar-refractivity contribution in [2.75, 3.05) is 0 Å². The molecule has 3 heterocycles. The Labute approximate surface area is 145 Å². The fourth-order valence-corrected chi connectivity index (χ4v) is 2.97. The largest absolute Gasteiger partial charge is 0.480 e. The number of nitrogens with zero attached hydrogens (tertiary/aromatic N) is 1. The molecule has 5 nitrogen and oxygen atoms in total. The van der Waals surface area contributed by atoms with Crippen LogP contribution in [0.5, 0.6) is 5.75 Å². The second-order valence-electron chi connectivity index (χ2n) is 6.03. The summed E-state index contributed by atoms with van der Waals surface area (Å²) in [4.78, 5) is 16.6. The average molecular weight is 334 g/mol. The van der Waals surface area contributed by atoms with Crippen LogP contribution in [0.3, 0.4) is 0 Å². The fraction of sp³-hybridized carbons (Fsp3) is 0.200. The number of fused-ring (bicyclic) bond motifs is 1. The van der Waals surface area contributed by atoms with Crippen LogP contribution in [-0.2, 0) is 17.8 Å². The zero-order valence-corrected chi connectivity index (χ0v) is 13.6. The second kappa shape index (κ2) is 6.81. The minimum Gasteiger partial charge on any atom is -0.480 e. The lowest BCUT2D eigenvalue weighted by Crippen LogP contribution is -2.40. The number of para-hydroxylation sites is 1. The SMILES string of the molecule is O=C(NCc1cncc(-c2ccco2)c1)[C@H]1CCc2ccccc2O1. The first-order chi connectivity index (χ1) is 12.3. The Hall–Kier alpha value is -3.08. The van der Waals surface area contributed by atoms with Gasteiger partial charge in [-0.3, -0.25) is 9.78 Å². The summed E-state index contributed by atoms with van der Waals surface area (Å²) in [5, 5.41) is 2.94. The Balaban J connectivity index is 1.39. The Morgan fingerprint density at radius 2 is 2.12 bits per heavy atom.